The maximum atomic E-state index is 11.0. The molecule has 0 bridgehead atoms. The summed E-state index contributed by atoms with van der Waals surface area (Å²) in [5.74, 6) is -2.47. The Bertz CT molecular complexity index is 224. The molecule has 0 aromatic heterocycles. The van der Waals surface area contributed by atoms with E-state index in [9.17, 15) is 9.59 Å². The molecule has 0 aromatic carbocycles. The number of aliphatic hydroxyl groups is 1. The van der Waals surface area contributed by atoms with Crippen molar-refractivity contribution in [2.24, 2.45) is 11.3 Å². The Labute approximate surface area is 68.9 Å². The molecule has 68 valence electrons. The van der Waals surface area contributed by atoms with Crippen LogP contribution in [0.25, 0.3) is 0 Å². The molecule has 5 nitrogen and oxygen atoms in total. The highest BCUT2D eigenvalue weighted by Crippen LogP contribution is 2.53. The average molecular weight is 174 g/mol. The van der Waals surface area contributed by atoms with Gasteiger partial charge in [0.25, 0.3) is 0 Å². The van der Waals surface area contributed by atoms with Crippen molar-refractivity contribution in [1.29, 1.82) is 0 Å². The molecular formula is C7H10O5. The molecule has 1 saturated carbocycles. The number of aliphatic hydroxyl groups excluding tert-OH is 1. The highest BCUT2D eigenvalue weighted by atomic mass is 16.5. The van der Waals surface area contributed by atoms with Crippen molar-refractivity contribution in [1.82, 2.24) is 0 Å². The van der Waals surface area contributed by atoms with Crippen LogP contribution in [-0.2, 0) is 14.3 Å². The summed E-state index contributed by atoms with van der Waals surface area (Å²) in [5, 5.41) is 17.4. The number of hydrogen-bond donors (Lipinski definition) is 2. The van der Waals surface area contributed by atoms with Gasteiger partial charge in [-0.1, -0.05) is 0 Å². The normalized spacial score (nSPS) is 32.7. The summed E-state index contributed by atoms with van der Waals surface area (Å²) < 4.78 is 4.34. The molecule has 0 amide bonds. The van der Waals surface area contributed by atoms with E-state index in [-0.39, 0.29) is 13.0 Å². The van der Waals surface area contributed by atoms with Gasteiger partial charge in [-0.2, -0.15) is 0 Å². The second kappa shape index (κ2) is 2.75. The fourth-order valence-corrected chi connectivity index (χ4v) is 1.33. The molecule has 12 heavy (non-hydrogen) atoms. The van der Waals surface area contributed by atoms with Crippen LogP contribution in [0.3, 0.4) is 0 Å². The third-order valence-electron chi connectivity index (χ3n) is 2.26. The number of carbonyl (C=O) groups excluding carboxylic acids is 1. The second-order valence-corrected chi connectivity index (χ2v) is 2.85. The highest BCUT2D eigenvalue weighted by Gasteiger charge is 2.67. The summed E-state index contributed by atoms with van der Waals surface area (Å²) in [6, 6.07) is 0. The zero-order valence-corrected chi connectivity index (χ0v) is 6.61. The van der Waals surface area contributed by atoms with Crippen LogP contribution in [0.15, 0.2) is 0 Å². The third kappa shape index (κ3) is 0.972. The van der Waals surface area contributed by atoms with E-state index < -0.39 is 23.3 Å². The first kappa shape index (κ1) is 8.99. The van der Waals surface area contributed by atoms with Crippen molar-refractivity contribution < 1.29 is 24.5 Å². The zero-order valence-electron chi connectivity index (χ0n) is 6.61. The molecule has 2 atom stereocenters. The van der Waals surface area contributed by atoms with Gasteiger partial charge in [-0.15, -0.1) is 0 Å². The van der Waals surface area contributed by atoms with Gasteiger partial charge in [-0.25, -0.2) is 0 Å². The average Bonchev–Trinajstić information content (AvgIpc) is 2.78. The van der Waals surface area contributed by atoms with E-state index in [2.05, 4.69) is 4.74 Å². The van der Waals surface area contributed by atoms with Gasteiger partial charge in [0.2, 0.25) is 0 Å². The fraction of sp³-hybridized carbons (Fsp3) is 0.714. The topological polar surface area (TPSA) is 83.8 Å². The molecule has 0 saturated heterocycles. The summed E-state index contributed by atoms with van der Waals surface area (Å²) in [5.41, 5.74) is -1.47. The summed E-state index contributed by atoms with van der Waals surface area (Å²) in [6.45, 7) is -0.290. The van der Waals surface area contributed by atoms with Gasteiger partial charge < -0.3 is 14.9 Å². The van der Waals surface area contributed by atoms with Crippen molar-refractivity contribution in [2.75, 3.05) is 13.7 Å². The van der Waals surface area contributed by atoms with Crippen LogP contribution in [0, 0.1) is 11.3 Å². The van der Waals surface area contributed by atoms with E-state index in [1.807, 2.05) is 0 Å². The number of esters is 1. The maximum Gasteiger partial charge on any atom is 0.323 e. The van der Waals surface area contributed by atoms with Gasteiger partial charge in [0.15, 0.2) is 5.41 Å². The van der Waals surface area contributed by atoms with Gasteiger partial charge in [0.05, 0.1) is 7.11 Å². The van der Waals surface area contributed by atoms with Crippen molar-refractivity contribution >= 4 is 11.9 Å². The number of ether oxygens (including phenoxy) is 1. The van der Waals surface area contributed by atoms with Gasteiger partial charge in [-0.3, -0.25) is 9.59 Å². The number of methoxy groups -OCH3 is 1. The highest BCUT2D eigenvalue weighted by molar-refractivity contribution is 6.02. The van der Waals surface area contributed by atoms with Crippen LogP contribution >= 0.6 is 0 Å². The standard InChI is InChI=1S/C7H10O5/c1-12-6(11)7(5(9)10)2-4(7)3-8/h4,8H,2-3H2,1H3,(H,9,10). The van der Waals surface area contributed by atoms with E-state index in [4.69, 9.17) is 10.2 Å². The minimum absolute atomic E-state index is 0.172. The van der Waals surface area contributed by atoms with Crippen LogP contribution in [0.2, 0.25) is 0 Å². The van der Waals surface area contributed by atoms with E-state index in [1.165, 1.54) is 0 Å². The molecule has 0 radical (unpaired) electrons. The van der Waals surface area contributed by atoms with Gasteiger partial charge in [0.1, 0.15) is 0 Å². The molecule has 0 heterocycles. The first-order valence-electron chi connectivity index (χ1n) is 3.52. The van der Waals surface area contributed by atoms with Gasteiger partial charge in [-0.05, 0) is 6.42 Å². The van der Waals surface area contributed by atoms with E-state index in [1.54, 1.807) is 0 Å². The Morgan fingerprint density at radius 2 is 2.25 bits per heavy atom. The maximum absolute atomic E-state index is 11.0. The monoisotopic (exact) mass is 174 g/mol. The predicted molar refractivity (Wildman–Crippen MR) is 37.3 cm³/mol. The molecule has 1 aliphatic rings. The number of carbonyl (C=O) groups is 2. The quantitative estimate of drug-likeness (QED) is 0.434. The van der Waals surface area contributed by atoms with E-state index >= 15 is 0 Å². The van der Waals surface area contributed by atoms with Crippen LogP contribution in [0.1, 0.15) is 6.42 Å². The SMILES string of the molecule is COC(=O)C1(C(=O)O)CC1CO. The minimum Gasteiger partial charge on any atom is -0.480 e. The number of carboxylic acid groups (broad SMARTS) is 1. The lowest BCUT2D eigenvalue weighted by molar-refractivity contribution is -0.160. The lowest BCUT2D eigenvalue weighted by Crippen LogP contribution is -2.29. The van der Waals surface area contributed by atoms with Crippen LogP contribution in [0.4, 0.5) is 0 Å². The lowest BCUT2D eigenvalue weighted by Gasteiger charge is -2.07. The summed E-state index contributed by atoms with van der Waals surface area (Å²) in [7, 11) is 1.14. The minimum atomic E-state index is -1.47. The zero-order chi connectivity index (χ0) is 9.35. The summed E-state index contributed by atoms with van der Waals surface area (Å²) in [4.78, 5) is 21.6. The number of rotatable bonds is 3. The predicted octanol–water partition coefficient (Wildman–Crippen LogP) is -0.757. The van der Waals surface area contributed by atoms with Crippen LogP contribution in [0.5, 0.6) is 0 Å². The van der Waals surface area contributed by atoms with E-state index in [0.717, 1.165) is 7.11 Å². The van der Waals surface area contributed by atoms with Gasteiger partial charge in [0, 0.05) is 12.5 Å². The lowest BCUT2D eigenvalue weighted by atomic mass is 10.1. The fourth-order valence-electron chi connectivity index (χ4n) is 1.33. The Morgan fingerprint density at radius 1 is 1.67 bits per heavy atom. The Kier molecular flexibility index (Phi) is 2.06. The largest absolute Gasteiger partial charge is 0.480 e. The summed E-state index contributed by atoms with van der Waals surface area (Å²) in [6.07, 6.45) is 0.172. The molecule has 0 spiro atoms. The van der Waals surface area contributed by atoms with Crippen molar-refractivity contribution in [3.8, 4) is 0 Å². The molecule has 2 unspecified atom stereocenters. The molecule has 1 fully saturated rings. The first-order valence-corrected chi connectivity index (χ1v) is 3.52. The Hall–Kier alpha value is -1.10. The van der Waals surface area contributed by atoms with Crippen molar-refractivity contribution in [3.63, 3.8) is 0 Å². The molecule has 0 aliphatic heterocycles. The first-order chi connectivity index (χ1) is 5.59. The van der Waals surface area contributed by atoms with Gasteiger partial charge >= 0.3 is 11.9 Å². The second-order valence-electron chi connectivity index (χ2n) is 2.85. The van der Waals surface area contributed by atoms with E-state index in [0.29, 0.717) is 0 Å². The number of carboxylic acids is 1. The Morgan fingerprint density at radius 3 is 2.50 bits per heavy atom. The molecule has 1 aliphatic carbocycles. The van der Waals surface area contributed by atoms with Crippen LogP contribution < -0.4 is 0 Å². The third-order valence-corrected chi connectivity index (χ3v) is 2.26. The smallest absolute Gasteiger partial charge is 0.323 e. The molecular weight excluding hydrogens is 164 g/mol. The molecule has 0 aromatic rings. The van der Waals surface area contributed by atoms with Crippen molar-refractivity contribution in [2.45, 2.75) is 6.42 Å². The molecule has 2 N–H and O–H groups in total. The Balaban J connectivity index is 2.78. The molecule has 5 heteroatoms. The molecule has 1 rings (SSSR count). The number of aliphatic carboxylic acids is 1. The summed E-state index contributed by atoms with van der Waals surface area (Å²) >= 11 is 0. The van der Waals surface area contributed by atoms with Crippen LogP contribution in [-0.4, -0.2) is 35.9 Å². The number of hydrogen-bond acceptors (Lipinski definition) is 4. The van der Waals surface area contributed by atoms with Crippen molar-refractivity contribution in [3.05, 3.63) is 0 Å².